The Bertz CT molecular complexity index is 425. The van der Waals surface area contributed by atoms with Crippen LogP contribution >= 0.6 is 11.6 Å². The van der Waals surface area contributed by atoms with Gasteiger partial charge in [-0.15, -0.1) is 0 Å². The van der Waals surface area contributed by atoms with Crippen LogP contribution in [0, 0.1) is 5.82 Å². The van der Waals surface area contributed by atoms with Crippen molar-refractivity contribution in [3.8, 4) is 6.01 Å². The molecule has 6 nitrogen and oxygen atoms in total. The Morgan fingerprint density at radius 3 is 2.88 bits per heavy atom. The molecule has 0 radical (unpaired) electrons. The van der Waals surface area contributed by atoms with Gasteiger partial charge in [-0.1, -0.05) is 11.6 Å². The first-order valence-corrected chi connectivity index (χ1v) is 5.40. The fraction of sp³-hybridized carbons (Fsp3) is 0.444. The van der Waals surface area contributed by atoms with Crippen molar-refractivity contribution < 1.29 is 13.9 Å². The molecule has 0 unspecified atom stereocenters. The molecule has 17 heavy (non-hydrogen) atoms. The fourth-order valence-corrected chi connectivity index (χ4v) is 1.49. The highest BCUT2D eigenvalue weighted by molar-refractivity contribution is 6.29. The molecule has 0 atom stereocenters. The average molecular weight is 261 g/mol. The molecule has 2 rings (SSSR count). The van der Waals surface area contributed by atoms with Crippen LogP contribution in [0.4, 0.5) is 9.18 Å². The van der Waals surface area contributed by atoms with E-state index >= 15 is 0 Å². The number of aromatic nitrogens is 2. The van der Waals surface area contributed by atoms with Crippen LogP contribution in [0.25, 0.3) is 0 Å². The van der Waals surface area contributed by atoms with E-state index in [2.05, 4.69) is 15.3 Å². The smallest absolute Gasteiger partial charge is 0.374 e. The molecule has 1 N–H and O–H groups in total. The van der Waals surface area contributed by atoms with Crippen molar-refractivity contribution in [3.63, 3.8) is 0 Å². The molecular weight excluding hydrogens is 251 g/mol. The second-order valence-corrected chi connectivity index (χ2v) is 3.75. The molecule has 1 saturated heterocycles. The Labute approximate surface area is 102 Å². The Hall–Kier alpha value is -1.47. The minimum Gasteiger partial charge on any atom is -0.374 e. The van der Waals surface area contributed by atoms with E-state index in [1.807, 2.05) is 0 Å². The summed E-state index contributed by atoms with van der Waals surface area (Å²) < 4.78 is 17.7. The van der Waals surface area contributed by atoms with E-state index in [1.54, 1.807) is 0 Å². The van der Waals surface area contributed by atoms with Crippen molar-refractivity contribution in [1.29, 1.82) is 0 Å². The first-order chi connectivity index (χ1) is 8.16. The average Bonchev–Trinajstić information content (AvgIpc) is 2.35. The lowest BCUT2D eigenvalue weighted by Crippen LogP contribution is -2.47. The predicted molar refractivity (Wildman–Crippen MR) is 57.5 cm³/mol. The first-order valence-electron chi connectivity index (χ1n) is 5.02. The van der Waals surface area contributed by atoms with Crippen LogP contribution in [0.2, 0.25) is 5.15 Å². The maximum Gasteiger partial charge on any atom is 0.417 e. The zero-order chi connectivity index (χ0) is 12.3. The minimum absolute atomic E-state index is 0.250. The maximum absolute atomic E-state index is 12.8. The number of hydrogen-bond acceptors (Lipinski definition) is 5. The Kier molecular flexibility index (Phi) is 3.70. The van der Waals surface area contributed by atoms with Gasteiger partial charge in [0.05, 0.1) is 6.20 Å². The highest BCUT2D eigenvalue weighted by atomic mass is 35.5. The van der Waals surface area contributed by atoms with E-state index in [4.69, 9.17) is 16.3 Å². The Balaban J connectivity index is 1.99. The van der Waals surface area contributed by atoms with Gasteiger partial charge in [0, 0.05) is 26.2 Å². The summed E-state index contributed by atoms with van der Waals surface area (Å²) in [6.45, 7) is 2.52. The van der Waals surface area contributed by atoms with Crippen LogP contribution in [0.15, 0.2) is 6.20 Å². The molecule has 1 aliphatic heterocycles. The number of nitrogens with one attached hydrogen (secondary N) is 1. The third-order valence-electron chi connectivity index (χ3n) is 2.23. The van der Waals surface area contributed by atoms with Gasteiger partial charge in [0.15, 0.2) is 11.0 Å². The van der Waals surface area contributed by atoms with Crippen molar-refractivity contribution in [2.24, 2.45) is 0 Å². The van der Waals surface area contributed by atoms with E-state index in [-0.39, 0.29) is 11.2 Å². The molecule has 1 amide bonds. The predicted octanol–water partition coefficient (Wildman–Crippen LogP) is 0.673. The van der Waals surface area contributed by atoms with Crippen LogP contribution in [0.5, 0.6) is 6.01 Å². The van der Waals surface area contributed by atoms with Crippen molar-refractivity contribution >= 4 is 17.7 Å². The number of hydrogen-bond donors (Lipinski definition) is 1. The first kappa shape index (κ1) is 12.0. The second kappa shape index (κ2) is 5.24. The van der Waals surface area contributed by atoms with Crippen molar-refractivity contribution in [2.45, 2.75) is 0 Å². The summed E-state index contributed by atoms with van der Waals surface area (Å²) in [6.07, 6.45) is 0.296. The van der Waals surface area contributed by atoms with Gasteiger partial charge >= 0.3 is 12.1 Å². The van der Waals surface area contributed by atoms with E-state index in [0.717, 1.165) is 6.20 Å². The van der Waals surface area contributed by atoms with Gasteiger partial charge < -0.3 is 15.0 Å². The molecule has 0 saturated carbocycles. The Morgan fingerprint density at radius 1 is 1.53 bits per heavy atom. The summed E-state index contributed by atoms with van der Waals surface area (Å²) in [4.78, 5) is 20.2. The molecule has 92 valence electrons. The third kappa shape index (κ3) is 3.01. The fourth-order valence-electron chi connectivity index (χ4n) is 1.37. The highest BCUT2D eigenvalue weighted by Crippen LogP contribution is 2.13. The van der Waals surface area contributed by atoms with Crippen LogP contribution in [-0.4, -0.2) is 47.1 Å². The molecule has 0 bridgehead atoms. The molecule has 8 heteroatoms. The lowest BCUT2D eigenvalue weighted by Gasteiger charge is -2.25. The summed E-state index contributed by atoms with van der Waals surface area (Å²) in [5.74, 6) is -0.756. The number of ether oxygens (including phenoxy) is 1. The molecule has 1 aromatic heterocycles. The molecule has 1 aliphatic rings. The number of halogens is 2. The molecule has 1 aromatic rings. The van der Waals surface area contributed by atoms with Crippen molar-refractivity contribution in [1.82, 2.24) is 20.2 Å². The number of carbonyl (C=O) groups is 1. The number of carbonyl (C=O) groups excluding carboxylic acids is 1. The standard InChI is InChI=1S/C9H10ClFN4O2/c10-7-6(11)5-13-8(14-7)17-9(16)15-3-1-12-2-4-15/h5,12H,1-4H2. The topological polar surface area (TPSA) is 67.3 Å². The molecule has 0 aliphatic carbocycles. The van der Waals surface area contributed by atoms with Crippen molar-refractivity contribution in [2.75, 3.05) is 26.2 Å². The van der Waals surface area contributed by atoms with E-state index in [0.29, 0.717) is 26.2 Å². The summed E-state index contributed by atoms with van der Waals surface area (Å²) in [5.41, 5.74) is 0. The van der Waals surface area contributed by atoms with Gasteiger partial charge in [-0.25, -0.2) is 14.2 Å². The van der Waals surface area contributed by atoms with Gasteiger partial charge in [-0.3, -0.25) is 0 Å². The Morgan fingerprint density at radius 2 is 2.24 bits per heavy atom. The zero-order valence-electron chi connectivity index (χ0n) is 8.82. The molecule has 1 fully saturated rings. The van der Waals surface area contributed by atoms with E-state index < -0.39 is 11.9 Å². The summed E-state index contributed by atoms with van der Waals surface area (Å²) >= 11 is 5.44. The van der Waals surface area contributed by atoms with E-state index in [1.165, 1.54) is 4.90 Å². The van der Waals surface area contributed by atoms with E-state index in [9.17, 15) is 9.18 Å². The summed E-state index contributed by atoms with van der Waals surface area (Å²) in [7, 11) is 0. The third-order valence-corrected chi connectivity index (χ3v) is 2.50. The second-order valence-electron chi connectivity index (χ2n) is 3.40. The summed E-state index contributed by atoms with van der Waals surface area (Å²) in [6, 6.07) is -0.250. The minimum atomic E-state index is -0.756. The molecule has 0 spiro atoms. The molecule has 2 heterocycles. The lowest BCUT2D eigenvalue weighted by molar-refractivity contribution is 0.142. The molecule has 0 aromatic carbocycles. The van der Waals surface area contributed by atoms with Gasteiger partial charge in [-0.2, -0.15) is 4.98 Å². The largest absolute Gasteiger partial charge is 0.417 e. The van der Waals surface area contributed by atoms with Gasteiger partial charge in [0.25, 0.3) is 0 Å². The van der Waals surface area contributed by atoms with Crippen LogP contribution < -0.4 is 10.1 Å². The van der Waals surface area contributed by atoms with Gasteiger partial charge in [-0.05, 0) is 0 Å². The van der Waals surface area contributed by atoms with Crippen LogP contribution in [-0.2, 0) is 0 Å². The molecular formula is C9H10ClFN4O2. The lowest BCUT2D eigenvalue weighted by atomic mass is 10.4. The normalized spacial score (nSPS) is 15.8. The zero-order valence-corrected chi connectivity index (χ0v) is 9.58. The number of piperazine rings is 1. The number of nitrogens with zero attached hydrogens (tertiary/aromatic N) is 3. The number of rotatable bonds is 1. The van der Waals surface area contributed by atoms with Gasteiger partial charge in [0.2, 0.25) is 0 Å². The van der Waals surface area contributed by atoms with Crippen molar-refractivity contribution in [3.05, 3.63) is 17.2 Å². The monoisotopic (exact) mass is 260 g/mol. The number of amides is 1. The quantitative estimate of drug-likeness (QED) is 0.752. The maximum atomic E-state index is 12.8. The SMILES string of the molecule is O=C(Oc1ncc(F)c(Cl)n1)N1CCNCC1. The van der Waals surface area contributed by atoms with Crippen LogP contribution in [0.3, 0.4) is 0 Å². The summed E-state index contributed by atoms with van der Waals surface area (Å²) in [5, 5.41) is 2.73. The van der Waals surface area contributed by atoms with Crippen LogP contribution in [0.1, 0.15) is 0 Å². The highest BCUT2D eigenvalue weighted by Gasteiger charge is 2.19. The van der Waals surface area contributed by atoms with Gasteiger partial charge in [0.1, 0.15) is 0 Å².